The molecule has 1 aliphatic carbocycles. The summed E-state index contributed by atoms with van der Waals surface area (Å²) >= 11 is 0. The number of anilines is 1. The van der Waals surface area contributed by atoms with Crippen molar-refractivity contribution in [1.29, 1.82) is 5.26 Å². The molecule has 2 amide bonds. The lowest BCUT2D eigenvalue weighted by Gasteiger charge is -2.27. The summed E-state index contributed by atoms with van der Waals surface area (Å²) < 4.78 is 25.3. The van der Waals surface area contributed by atoms with Gasteiger partial charge in [0.05, 0.1) is 22.6 Å². The highest BCUT2D eigenvalue weighted by molar-refractivity contribution is 7.90. The van der Waals surface area contributed by atoms with Gasteiger partial charge in [0.2, 0.25) is 0 Å². The Kier molecular flexibility index (Phi) is 6.32. The smallest absolute Gasteiger partial charge is 0.319 e. The number of nitrogens with zero attached hydrogens (tertiary/aromatic N) is 1. The van der Waals surface area contributed by atoms with Gasteiger partial charge in [0.15, 0.2) is 9.84 Å². The summed E-state index contributed by atoms with van der Waals surface area (Å²) in [7, 11) is -3.53. The van der Waals surface area contributed by atoms with Crippen molar-refractivity contribution in [2.45, 2.75) is 42.4 Å². The number of nitriles is 1. The van der Waals surface area contributed by atoms with Gasteiger partial charge in [0, 0.05) is 11.7 Å². The fraction of sp³-hybridized carbons (Fsp3) is 0.333. The van der Waals surface area contributed by atoms with Crippen LogP contribution in [0, 0.1) is 17.2 Å². The number of nitrogens with one attached hydrogen (secondary N) is 2. The summed E-state index contributed by atoms with van der Waals surface area (Å²) in [6.07, 6.45) is 3.54. The van der Waals surface area contributed by atoms with Crippen molar-refractivity contribution in [2.24, 2.45) is 5.92 Å². The van der Waals surface area contributed by atoms with E-state index in [2.05, 4.69) is 16.7 Å². The van der Waals surface area contributed by atoms with Gasteiger partial charge < -0.3 is 10.6 Å². The molecule has 2 unspecified atom stereocenters. The molecule has 0 spiro atoms. The Morgan fingerprint density at radius 3 is 2.46 bits per heavy atom. The van der Waals surface area contributed by atoms with Gasteiger partial charge >= 0.3 is 6.03 Å². The molecule has 1 aliphatic rings. The predicted molar refractivity (Wildman–Crippen MR) is 107 cm³/mol. The number of carbonyl (C=O) groups excluding carboxylic acids is 1. The maximum Gasteiger partial charge on any atom is 0.319 e. The molecule has 1 fully saturated rings. The molecule has 0 bridgehead atoms. The van der Waals surface area contributed by atoms with Crippen molar-refractivity contribution in [3.8, 4) is 6.07 Å². The summed E-state index contributed by atoms with van der Waals surface area (Å²) in [5.41, 5.74) is 0.964. The highest BCUT2D eigenvalue weighted by atomic mass is 32.2. The Bertz CT molecular complexity index is 968. The summed E-state index contributed by atoms with van der Waals surface area (Å²) in [6.45, 7) is 0. The van der Waals surface area contributed by atoms with Crippen LogP contribution in [0.3, 0.4) is 0 Å². The van der Waals surface area contributed by atoms with Crippen LogP contribution >= 0.6 is 0 Å². The number of hydrogen-bond acceptors (Lipinski definition) is 4. The van der Waals surface area contributed by atoms with E-state index >= 15 is 0 Å². The Morgan fingerprint density at radius 2 is 1.71 bits per heavy atom. The first-order chi connectivity index (χ1) is 13.5. The molecular formula is C21H23N3O3S. The molecule has 2 aromatic rings. The van der Waals surface area contributed by atoms with Crippen molar-refractivity contribution in [3.63, 3.8) is 0 Å². The lowest BCUT2D eigenvalue weighted by Crippen LogP contribution is -2.43. The van der Waals surface area contributed by atoms with Crippen LogP contribution in [0.5, 0.6) is 0 Å². The quantitative estimate of drug-likeness (QED) is 0.800. The minimum atomic E-state index is -3.53. The van der Waals surface area contributed by atoms with E-state index in [4.69, 9.17) is 0 Å². The van der Waals surface area contributed by atoms with E-state index in [1.54, 1.807) is 54.6 Å². The van der Waals surface area contributed by atoms with Gasteiger partial charge in [-0.1, -0.05) is 49.2 Å². The molecule has 28 heavy (non-hydrogen) atoms. The van der Waals surface area contributed by atoms with Gasteiger partial charge in [0.1, 0.15) is 0 Å². The first-order valence-corrected chi connectivity index (χ1v) is 11.0. The highest BCUT2D eigenvalue weighted by Crippen LogP contribution is 2.25. The maximum atomic E-state index is 12.7. The van der Waals surface area contributed by atoms with Crippen LogP contribution in [-0.2, 0) is 15.6 Å². The fourth-order valence-electron chi connectivity index (χ4n) is 3.47. The van der Waals surface area contributed by atoms with Gasteiger partial charge in [-0.25, -0.2) is 13.2 Å². The van der Waals surface area contributed by atoms with Crippen LogP contribution in [0.1, 0.15) is 31.2 Å². The largest absolute Gasteiger partial charge is 0.334 e. The lowest BCUT2D eigenvalue weighted by atomic mass is 9.85. The third-order valence-corrected chi connectivity index (χ3v) is 6.64. The standard InChI is InChI=1S/C21H23N3O3S/c22-14-16-8-4-6-12-19(16)23-21(25)24-20-13-7-5-9-17(20)15-28(26,27)18-10-2-1-3-11-18/h1-3,5,7,9-11,13,16,19H,4,6,8,12,15H2,(H2,23,24,25). The molecule has 0 radical (unpaired) electrons. The molecule has 2 atom stereocenters. The number of sulfone groups is 1. The first-order valence-electron chi connectivity index (χ1n) is 9.32. The molecule has 7 heteroatoms. The van der Waals surface area contributed by atoms with Gasteiger partial charge in [-0.15, -0.1) is 0 Å². The van der Waals surface area contributed by atoms with Crippen molar-refractivity contribution in [2.75, 3.05) is 5.32 Å². The van der Waals surface area contributed by atoms with E-state index in [1.165, 1.54) is 0 Å². The molecule has 0 heterocycles. The summed E-state index contributed by atoms with van der Waals surface area (Å²) in [5.74, 6) is -0.397. The highest BCUT2D eigenvalue weighted by Gasteiger charge is 2.26. The van der Waals surface area contributed by atoms with Crippen LogP contribution in [0.15, 0.2) is 59.5 Å². The lowest BCUT2D eigenvalue weighted by molar-refractivity contribution is 0.238. The summed E-state index contributed by atoms with van der Waals surface area (Å²) in [6, 6.07) is 16.8. The fourth-order valence-corrected chi connectivity index (χ4v) is 4.87. The van der Waals surface area contributed by atoms with Crippen molar-refractivity contribution in [1.82, 2.24) is 5.32 Å². The van der Waals surface area contributed by atoms with E-state index < -0.39 is 15.9 Å². The SMILES string of the molecule is N#CC1CCCCC1NC(=O)Nc1ccccc1CS(=O)(=O)c1ccccc1. The monoisotopic (exact) mass is 397 g/mol. The van der Waals surface area contributed by atoms with Gasteiger partial charge in [0.25, 0.3) is 0 Å². The second kappa shape index (κ2) is 8.89. The molecule has 3 rings (SSSR count). The number of para-hydroxylation sites is 1. The zero-order valence-electron chi connectivity index (χ0n) is 15.5. The third kappa shape index (κ3) is 4.90. The Balaban J connectivity index is 1.72. The minimum Gasteiger partial charge on any atom is -0.334 e. The van der Waals surface area contributed by atoms with Crippen LogP contribution < -0.4 is 10.6 Å². The first kappa shape index (κ1) is 19.9. The van der Waals surface area contributed by atoms with Gasteiger partial charge in [-0.3, -0.25) is 0 Å². The Hall–Kier alpha value is -2.85. The number of rotatable bonds is 5. The minimum absolute atomic E-state index is 0.182. The molecule has 2 N–H and O–H groups in total. The summed E-state index contributed by atoms with van der Waals surface area (Å²) in [4.78, 5) is 12.7. The third-order valence-electron chi connectivity index (χ3n) is 4.96. The van der Waals surface area contributed by atoms with E-state index in [0.29, 0.717) is 11.3 Å². The van der Waals surface area contributed by atoms with Gasteiger partial charge in [-0.05, 0) is 36.6 Å². The maximum absolute atomic E-state index is 12.7. The second-order valence-corrected chi connectivity index (χ2v) is 8.94. The van der Waals surface area contributed by atoms with E-state index in [-0.39, 0.29) is 22.6 Å². The van der Waals surface area contributed by atoms with Crippen LogP contribution in [0.4, 0.5) is 10.5 Å². The zero-order chi connectivity index (χ0) is 20.0. The normalized spacial score (nSPS) is 19.4. The van der Waals surface area contributed by atoms with Crippen LogP contribution in [0.2, 0.25) is 0 Å². The number of amides is 2. The average molecular weight is 398 g/mol. The van der Waals surface area contributed by atoms with E-state index in [9.17, 15) is 18.5 Å². The van der Waals surface area contributed by atoms with Crippen LogP contribution in [-0.4, -0.2) is 20.5 Å². The number of urea groups is 1. The molecular weight excluding hydrogens is 374 g/mol. The number of benzene rings is 2. The molecule has 2 aromatic carbocycles. The second-order valence-electron chi connectivity index (χ2n) is 6.95. The van der Waals surface area contributed by atoms with Crippen molar-refractivity contribution >= 4 is 21.6 Å². The van der Waals surface area contributed by atoms with Crippen molar-refractivity contribution < 1.29 is 13.2 Å². The van der Waals surface area contributed by atoms with Gasteiger partial charge in [-0.2, -0.15) is 5.26 Å². The number of carbonyl (C=O) groups is 1. The van der Waals surface area contributed by atoms with E-state index in [1.807, 2.05) is 0 Å². The Labute approximate surface area is 165 Å². The molecule has 0 saturated heterocycles. The topological polar surface area (TPSA) is 99.1 Å². The predicted octanol–water partition coefficient (Wildman–Crippen LogP) is 3.86. The Morgan fingerprint density at radius 1 is 1.04 bits per heavy atom. The molecule has 1 saturated carbocycles. The summed E-state index contributed by atoms with van der Waals surface area (Å²) in [5, 5.41) is 14.9. The van der Waals surface area contributed by atoms with E-state index in [0.717, 1.165) is 25.7 Å². The molecule has 0 aliphatic heterocycles. The van der Waals surface area contributed by atoms with Crippen LogP contribution in [0.25, 0.3) is 0 Å². The molecule has 0 aromatic heterocycles. The molecule has 146 valence electrons. The number of hydrogen-bond donors (Lipinski definition) is 2. The zero-order valence-corrected chi connectivity index (χ0v) is 16.3. The molecule has 6 nitrogen and oxygen atoms in total. The van der Waals surface area contributed by atoms with Crippen molar-refractivity contribution in [3.05, 3.63) is 60.2 Å². The average Bonchev–Trinajstić information content (AvgIpc) is 2.70.